The van der Waals surface area contributed by atoms with Crippen molar-refractivity contribution in [2.24, 2.45) is 0 Å². The van der Waals surface area contributed by atoms with E-state index >= 15 is 0 Å². The van der Waals surface area contributed by atoms with Crippen molar-refractivity contribution in [2.45, 2.75) is 43.4 Å². The molecule has 0 fully saturated rings. The molecule has 27 heavy (non-hydrogen) atoms. The van der Waals surface area contributed by atoms with Gasteiger partial charge in [-0.15, -0.1) is 11.3 Å². The number of benzene rings is 1. The lowest BCUT2D eigenvalue weighted by molar-refractivity contribution is 0.0479. The SMILES string of the molecule is CS(=O)(=O)c1ccc(C(=O)COC(=O)c2cc3c(s2)CCCCCC3)cc1. The molecular formula is C20H22O5S2. The summed E-state index contributed by atoms with van der Waals surface area (Å²) in [6, 6.07) is 7.53. The van der Waals surface area contributed by atoms with Crippen LogP contribution in [0.4, 0.5) is 0 Å². The molecule has 1 aliphatic carbocycles. The Morgan fingerprint density at radius 1 is 1.04 bits per heavy atom. The van der Waals surface area contributed by atoms with E-state index < -0.39 is 15.8 Å². The second-order valence-electron chi connectivity index (χ2n) is 6.77. The molecular weight excluding hydrogens is 384 g/mol. The number of carbonyl (C=O) groups is 2. The molecule has 1 aliphatic rings. The normalized spacial score (nSPS) is 14.7. The quantitative estimate of drug-likeness (QED) is 0.557. The molecule has 1 aromatic heterocycles. The Balaban J connectivity index is 1.62. The van der Waals surface area contributed by atoms with Crippen molar-refractivity contribution in [1.29, 1.82) is 0 Å². The highest BCUT2D eigenvalue weighted by molar-refractivity contribution is 7.90. The molecule has 144 valence electrons. The van der Waals surface area contributed by atoms with E-state index in [2.05, 4.69) is 0 Å². The summed E-state index contributed by atoms with van der Waals surface area (Å²) >= 11 is 1.47. The Kier molecular flexibility index (Phi) is 6.11. The first-order valence-electron chi connectivity index (χ1n) is 8.96. The maximum atomic E-state index is 12.3. The minimum Gasteiger partial charge on any atom is -0.453 e. The molecule has 2 aromatic rings. The fourth-order valence-corrected chi connectivity index (χ4v) is 4.90. The summed E-state index contributed by atoms with van der Waals surface area (Å²) in [6.45, 7) is -0.361. The smallest absolute Gasteiger partial charge is 0.348 e. The first-order chi connectivity index (χ1) is 12.8. The summed E-state index contributed by atoms with van der Waals surface area (Å²) in [4.78, 5) is 26.5. The van der Waals surface area contributed by atoms with E-state index in [1.807, 2.05) is 6.07 Å². The topological polar surface area (TPSA) is 77.5 Å². The predicted octanol–water partition coefficient (Wildman–Crippen LogP) is 3.85. The van der Waals surface area contributed by atoms with Crippen molar-refractivity contribution in [3.8, 4) is 0 Å². The molecule has 1 heterocycles. The average molecular weight is 407 g/mol. The van der Waals surface area contributed by atoms with Crippen molar-refractivity contribution in [3.05, 3.63) is 51.2 Å². The first-order valence-corrected chi connectivity index (χ1v) is 11.7. The highest BCUT2D eigenvalue weighted by Crippen LogP contribution is 2.29. The minimum absolute atomic E-state index is 0.145. The van der Waals surface area contributed by atoms with Gasteiger partial charge in [-0.1, -0.05) is 12.8 Å². The zero-order chi connectivity index (χ0) is 19.4. The predicted molar refractivity (Wildman–Crippen MR) is 104 cm³/mol. The number of aryl methyl sites for hydroxylation is 2. The standard InChI is InChI=1S/C20H22O5S2/c1-27(23,24)16-10-8-14(9-11-16)17(21)13-25-20(22)19-12-15-6-4-2-3-5-7-18(15)26-19/h8-12H,2-7,13H2,1H3. The maximum absolute atomic E-state index is 12.3. The van der Waals surface area contributed by atoms with E-state index in [-0.39, 0.29) is 17.3 Å². The van der Waals surface area contributed by atoms with Gasteiger partial charge in [0, 0.05) is 16.7 Å². The summed E-state index contributed by atoms with van der Waals surface area (Å²) in [6.07, 6.45) is 7.83. The number of Topliss-reactive ketones (excluding diaryl/α,β-unsaturated/α-hetero) is 1. The number of hydrogen-bond acceptors (Lipinski definition) is 6. The molecule has 0 radical (unpaired) electrons. The van der Waals surface area contributed by atoms with Crippen molar-refractivity contribution in [1.82, 2.24) is 0 Å². The number of ketones is 1. The minimum atomic E-state index is -3.31. The van der Waals surface area contributed by atoms with E-state index in [0.29, 0.717) is 10.4 Å². The summed E-state index contributed by atoms with van der Waals surface area (Å²) in [5.74, 6) is -0.842. The number of ether oxygens (including phenoxy) is 1. The van der Waals surface area contributed by atoms with Gasteiger partial charge >= 0.3 is 5.97 Å². The average Bonchev–Trinajstić information content (AvgIpc) is 3.01. The molecule has 0 aliphatic heterocycles. The summed E-state index contributed by atoms with van der Waals surface area (Å²) < 4.78 is 28.1. The monoisotopic (exact) mass is 406 g/mol. The van der Waals surface area contributed by atoms with Gasteiger partial charge in [0.05, 0.1) is 4.90 Å². The molecule has 0 saturated heterocycles. The molecule has 3 rings (SSSR count). The van der Waals surface area contributed by atoms with E-state index in [1.165, 1.54) is 58.9 Å². The molecule has 0 spiro atoms. The van der Waals surface area contributed by atoms with Crippen molar-refractivity contribution in [2.75, 3.05) is 12.9 Å². The maximum Gasteiger partial charge on any atom is 0.348 e. The Labute approximate surface area is 163 Å². The fraction of sp³-hybridized carbons (Fsp3) is 0.400. The zero-order valence-electron chi connectivity index (χ0n) is 15.2. The fourth-order valence-electron chi connectivity index (χ4n) is 3.12. The van der Waals surface area contributed by atoms with Crippen LogP contribution in [0.25, 0.3) is 0 Å². The molecule has 0 saturated carbocycles. The van der Waals surface area contributed by atoms with Crippen molar-refractivity contribution < 1.29 is 22.7 Å². The van der Waals surface area contributed by atoms with Crippen LogP contribution in [0, 0.1) is 0 Å². The van der Waals surface area contributed by atoms with Gasteiger partial charge in [-0.05, 0) is 61.6 Å². The molecule has 0 atom stereocenters. The van der Waals surface area contributed by atoms with E-state index in [4.69, 9.17) is 4.74 Å². The summed E-state index contributed by atoms with van der Waals surface area (Å²) in [7, 11) is -3.31. The number of fused-ring (bicyclic) bond motifs is 1. The Bertz CT molecular complexity index is 914. The van der Waals surface area contributed by atoms with Crippen LogP contribution >= 0.6 is 11.3 Å². The second-order valence-corrected chi connectivity index (χ2v) is 9.92. The van der Waals surface area contributed by atoms with Gasteiger partial charge < -0.3 is 4.74 Å². The van der Waals surface area contributed by atoms with Crippen LogP contribution in [-0.2, 0) is 27.4 Å². The number of thiophene rings is 1. The Morgan fingerprint density at radius 2 is 1.70 bits per heavy atom. The third-order valence-electron chi connectivity index (χ3n) is 4.64. The lowest BCUT2D eigenvalue weighted by Gasteiger charge is -2.07. The van der Waals surface area contributed by atoms with E-state index in [1.54, 1.807) is 0 Å². The van der Waals surface area contributed by atoms with E-state index in [9.17, 15) is 18.0 Å². The van der Waals surface area contributed by atoms with Crippen molar-refractivity contribution >= 4 is 32.9 Å². The molecule has 1 aromatic carbocycles. The molecule has 5 nitrogen and oxygen atoms in total. The number of esters is 1. The van der Waals surface area contributed by atoms with Crippen molar-refractivity contribution in [3.63, 3.8) is 0 Å². The van der Waals surface area contributed by atoms with Gasteiger partial charge in [0.15, 0.2) is 22.2 Å². The van der Waals surface area contributed by atoms with Crippen LogP contribution in [0.5, 0.6) is 0 Å². The molecule has 0 N–H and O–H groups in total. The molecule has 0 amide bonds. The summed E-state index contributed by atoms with van der Waals surface area (Å²) in [5, 5.41) is 0. The molecule has 0 unspecified atom stereocenters. The van der Waals surface area contributed by atoms with Gasteiger partial charge in [-0.25, -0.2) is 13.2 Å². The van der Waals surface area contributed by atoms with Crippen LogP contribution in [-0.4, -0.2) is 33.0 Å². The third-order valence-corrected chi connectivity index (χ3v) is 6.98. The van der Waals surface area contributed by atoms with Gasteiger partial charge in [0.25, 0.3) is 0 Å². The largest absolute Gasteiger partial charge is 0.453 e. The van der Waals surface area contributed by atoms with E-state index in [0.717, 1.165) is 31.9 Å². The number of carbonyl (C=O) groups excluding carboxylic acids is 2. The van der Waals surface area contributed by atoms with Crippen LogP contribution in [0.15, 0.2) is 35.2 Å². The first kappa shape index (κ1) is 19.8. The number of hydrogen-bond donors (Lipinski definition) is 0. The lowest BCUT2D eigenvalue weighted by Crippen LogP contribution is -2.13. The Hall–Kier alpha value is -1.99. The third kappa shape index (κ3) is 5.05. The van der Waals surface area contributed by atoms with Crippen LogP contribution in [0.3, 0.4) is 0 Å². The number of rotatable bonds is 5. The van der Waals surface area contributed by atoms with Gasteiger partial charge in [0.1, 0.15) is 4.88 Å². The highest BCUT2D eigenvalue weighted by atomic mass is 32.2. The Morgan fingerprint density at radius 3 is 2.37 bits per heavy atom. The van der Waals surface area contributed by atoms with Crippen LogP contribution in [0.1, 0.15) is 56.2 Å². The van der Waals surface area contributed by atoms with Gasteiger partial charge in [-0.2, -0.15) is 0 Å². The van der Waals surface area contributed by atoms with Crippen LogP contribution in [0.2, 0.25) is 0 Å². The summed E-state index contributed by atoms with van der Waals surface area (Å²) in [5.41, 5.74) is 1.54. The molecule has 7 heteroatoms. The second kappa shape index (κ2) is 8.35. The van der Waals surface area contributed by atoms with Gasteiger partial charge in [0.2, 0.25) is 0 Å². The lowest BCUT2D eigenvalue weighted by atomic mass is 10.00. The number of sulfone groups is 1. The van der Waals surface area contributed by atoms with Crippen LogP contribution < -0.4 is 0 Å². The van der Waals surface area contributed by atoms with Gasteiger partial charge in [-0.3, -0.25) is 4.79 Å². The molecule has 0 bridgehead atoms. The highest BCUT2D eigenvalue weighted by Gasteiger charge is 2.18. The zero-order valence-corrected chi connectivity index (χ0v) is 16.8.